The van der Waals surface area contributed by atoms with Crippen molar-refractivity contribution in [2.45, 2.75) is 6.92 Å². The Morgan fingerprint density at radius 2 is 2.19 bits per heavy atom. The van der Waals surface area contributed by atoms with E-state index in [1.54, 1.807) is 13.0 Å². The average molecular weight is 349 g/mol. The number of aromatic nitrogens is 4. The lowest BCUT2D eigenvalue weighted by Gasteiger charge is -2.01. The number of aliphatic imine (C=N–C) groups is 1. The zero-order valence-corrected chi connectivity index (χ0v) is 13.9. The summed E-state index contributed by atoms with van der Waals surface area (Å²) in [5.74, 6) is -0.148. The SMILES string of the molecule is CCOC(=O)c1cnc2[nH]c(O)c(/C=N/c3nc4ccccc4[nH]3)c2c1. The number of hydrogen-bond acceptors (Lipinski definition) is 6. The summed E-state index contributed by atoms with van der Waals surface area (Å²) in [6.45, 7) is 2.01. The largest absolute Gasteiger partial charge is 0.494 e. The van der Waals surface area contributed by atoms with Crippen molar-refractivity contribution >= 4 is 40.2 Å². The van der Waals surface area contributed by atoms with Crippen molar-refractivity contribution in [3.63, 3.8) is 0 Å². The second-order valence-electron chi connectivity index (χ2n) is 5.56. The van der Waals surface area contributed by atoms with Crippen LogP contribution in [0.1, 0.15) is 22.8 Å². The lowest BCUT2D eigenvalue weighted by molar-refractivity contribution is 0.0526. The number of para-hydroxylation sites is 2. The van der Waals surface area contributed by atoms with Gasteiger partial charge in [-0.2, -0.15) is 0 Å². The van der Waals surface area contributed by atoms with E-state index in [1.807, 2.05) is 24.3 Å². The molecule has 4 rings (SSSR count). The molecule has 26 heavy (non-hydrogen) atoms. The highest BCUT2D eigenvalue weighted by Gasteiger charge is 2.14. The number of carbonyl (C=O) groups excluding carboxylic acids is 1. The smallest absolute Gasteiger partial charge is 0.339 e. The van der Waals surface area contributed by atoms with E-state index < -0.39 is 5.97 Å². The van der Waals surface area contributed by atoms with E-state index in [-0.39, 0.29) is 12.5 Å². The number of esters is 1. The molecule has 0 saturated carbocycles. The molecule has 0 radical (unpaired) electrons. The van der Waals surface area contributed by atoms with Crippen LogP contribution in [0.2, 0.25) is 0 Å². The van der Waals surface area contributed by atoms with Crippen LogP contribution in [0.4, 0.5) is 5.95 Å². The number of pyridine rings is 1. The number of aromatic amines is 2. The molecule has 3 heterocycles. The van der Waals surface area contributed by atoms with Gasteiger partial charge in [-0.05, 0) is 25.1 Å². The predicted molar refractivity (Wildman–Crippen MR) is 97.1 cm³/mol. The molecule has 1 aromatic carbocycles. The Kier molecular flexibility index (Phi) is 3.85. The first-order chi connectivity index (χ1) is 12.7. The molecule has 0 unspecified atom stereocenters. The lowest BCUT2D eigenvalue weighted by Crippen LogP contribution is -2.04. The maximum Gasteiger partial charge on any atom is 0.339 e. The van der Waals surface area contributed by atoms with Crippen LogP contribution in [0.25, 0.3) is 22.1 Å². The molecule has 8 heteroatoms. The summed E-state index contributed by atoms with van der Waals surface area (Å²) in [4.78, 5) is 30.5. The van der Waals surface area contributed by atoms with Crippen molar-refractivity contribution in [1.82, 2.24) is 19.9 Å². The van der Waals surface area contributed by atoms with Crippen molar-refractivity contribution in [2.24, 2.45) is 4.99 Å². The predicted octanol–water partition coefficient (Wildman–Crippen LogP) is 3.07. The van der Waals surface area contributed by atoms with Crippen molar-refractivity contribution in [2.75, 3.05) is 6.61 Å². The van der Waals surface area contributed by atoms with Gasteiger partial charge in [-0.3, -0.25) is 0 Å². The van der Waals surface area contributed by atoms with Crippen LogP contribution in [-0.2, 0) is 4.74 Å². The van der Waals surface area contributed by atoms with Crippen molar-refractivity contribution in [3.8, 4) is 5.88 Å². The van der Waals surface area contributed by atoms with Crippen LogP contribution in [0.15, 0.2) is 41.5 Å². The summed E-state index contributed by atoms with van der Waals surface area (Å²) in [5.41, 5.74) is 2.83. The summed E-state index contributed by atoms with van der Waals surface area (Å²) in [6, 6.07) is 9.19. The Morgan fingerprint density at radius 3 is 3.00 bits per heavy atom. The van der Waals surface area contributed by atoms with E-state index in [4.69, 9.17) is 4.74 Å². The van der Waals surface area contributed by atoms with Crippen molar-refractivity contribution in [1.29, 1.82) is 0 Å². The number of imidazole rings is 1. The van der Waals surface area contributed by atoms with Crippen LogP contribution in [0.3, 0.4) is 0 Å². The van der Waals surface area contributed by atoms with Gasteiger partial charge in [0, 0.05) is 17.8 Å². The van der Waals surface area contributed by atoms with E-state index in [9.17, 15) is 9.90 Å². The van der Waals surface area contributed by atoms with Gasteiger partial charge in [0.15, 0.2) is 5.88 Å². The molecule has 0 aliphatic heterocycles. The molecule has 3 aromatic heterocycles. The Labute approximate surface area is 147 Å². The lowest BCUT2D eigenvalue weighted by atomic mass is 10.2. The van der Waals surface area contributed by atoms with Crippen LogP contribution in [-0.4, -0.2) is 43.8 Å². The fourth-order valence-electron chi connectivity index (χ4n) is 2.66. The van der Waals surface area contributed by atoms with Gasteiger partial charge in [-0.25, -0.2) is 19.8 Å². The summed E-state index contributed by atoms with van der Waals surface area (Å²) >= 11 is 0. The molecule has 0 spiro atoms. The summed E-state index contributed by atoms with van der Waals surface area (Å²) in [5, 5.41) is 10.7. The maximum absolute atomic E-state index is 11.9. The third kappa shape index (κ3) is 2.77. The minimum absolute atomic E-state index is 0.0895. The average Bonchev–Trinajstić information content (AvgIpc) is 3.19. The van der Waals surface area contributed by atoms with Crippen molar-refractivity contribution < 1.29 is 14.6 Å². The number of carbonyl (C=O) groups is 1. The first kappa shape index (κ1) is 15.8. The number of fused-ring (bicyclic) bond motifs is 2. The quantitative estimate of drug-likeness (QED) is 0.387. The Hall–Kier alpha value is -3.68. The fourth-order valence-corrected chi connectivity index (χ4v) is 2.66. The van der Waals surface area contributed by atoms with Crippen LogP contribution >= 0.6 is 0 Å². The monoisotopic (exact) mass is 349 g/mol. The molecule has 3 N–H and O–H groups in total. The van der Waals surface area contributed by atoms with Gasteiger partial charge in [-0.15, -0.1) is 0 Å². The highest BCUT2D eigenvalue weighted by atomic mass is 16.5. The van der Waals surface area contributed by atoms with E-state index in [2.05, 4.69) is 24.9 Å². The molecule has 0 aliphatic rings. The van der Waals surface area contributed by atoms with Crippen LogP contribution in [0.5, 0.6) is 5.88 Å². The van der Waals surface area contributed by atoms with E-state index in [0.717, 1.165) is 11.0 Å². The molecule has 130 valence electrons. The Balaban J connectivity index is 1.73. The number of rotatable bonds is 4. The van der Waals surface area contributed by atoms with Crippen LogP contribution < -0.4 is 0 Å². The highest BCUT2D eigenvalue weighted by molar-refractivity contribution is 6.03. The molecule has 4 aromatic rings. The summed E-state index contributed by atoms with van der Waals surface area (Å²) < 4.78 is 4.99. The van der Waals surface area contributed by atoms with Gasteiger partial charge in [0.1, 0.15) is 5.65 Å². The summed E-state index contributed by atoms with van der Waals surface area (Å²) in [6.07, 6.45) is 2.87. The summed E-state index contributed by atoms with van der Waals surface area (Å²) in [7, 11) is 0. The van der Waals surface area contributed by atoms with Gasteiger partial charge in [0.05, 0.1) is 28.8 Å². The van der Waals surface area contributed by atoms with Gasteiger partial charge in [0.2, 0.25) is 5.95 Å². The number of ether oxygens (including phenoxy) is 1. The van der Waals surface area contributed by atoms with Gasteiger partial charge in [-0.1, -0.05) is 12.1 Å². The van der Waals surface area contributed by atoms with E-state index in [0.29, 0.717) is 28.1 Å². The molecule has 0 bridgehead atoms. The van der Waals surface area contributed by atoms with Crippen molar-refractivity contribution in [3.05, 3.63) is 47.7 Å². The second-order valence-corrected chi connectivity index (χ2v) is 5.56. The second kappa shape index (κ2) is 6.32. The number of aromatic hydroxyl groups is 1. The Morgan fingerprint density at radius 1 is 1.35 bits per heavy atom. The number of H-pyrrole nitrogens is 2. The molecule has 0 saturated heterocycles. The standard InChI is InChI=1S/C18H15N5O3/c1-2-26-17(25)10-7-11-12(16(24)23-15(11)19-8-10)9-20-18-21-13-5-3-4-6-14(13)22-18/h3-9,24H,2H2,1H3,(H,19,23)(H,21,22)/b20-9+. The van der Waals surface area contributed by atoms with Gasteiger partial charge in [0.25, 0.3) is 0 Å². The topological polar surface area (TPSA) is 116 Å². The van der Waals surface area contributed by atoms with E-state index >= 15 is 0 Å². The van der Waals surface area contributed by atoms with E-state index in [1.165, 1.54) is 12.4 Å². The number of nitrogens with zero attached hydrogens (tertiary/aromatic N) is 3. The molecule has 0 amide bonds. The highest BCUT2D eigenvalue weighted by Crippen LogP contribution is 2.26. The number of benzene rings is 1. The maximum atomic E-state index is 11.9. The third-order valence-corrected chi connectivity index (χ3v) is 3.87. The van der Waals surface area contributed by atoms with Gasteiger partial charge < -0.3 is 19.8 Å². The minimum atomic E-state index is -0.470. The molecular weight excluding hydrogens is 334 g/mol. The third-order valence-electron chi connectivity index (χ3n) is 3.87. The number of nitrogens with one attached hydrogen (secondary N) is 2. The van der Waals surface area contributed by atoms with Crippen LogP contribution in [0, 0.1) is 0 Å². The normalized spacial score (nSPS) is 11.6. The molecule has 0 fully saturated rings. The van der Waals surface area contributed by atoms with Gasteiger partial charge >= 0.3 is 5.97 Å². The zero-order valence-electron chi connectivity index (χ0n) is 13.9. The first-order valence-corrected chi connectivity index (χ1v) is 8.02. The molecule has 8 nitrogen and oxygen atoms in total. The number of hydrogen-bond donors (Lipinski definition) is 3. The zero-order chi connectivity index (χ0) is 18.1. The minimum Gasteiger partial charge on any atom is -0.494 e. The fraction of sp³-hybridized carbons (Fsp3) is 0.111. The first-order valence-electron chi connectivity index (χ1n) is 8.02. The molecule has 0 atom stereocenters. The molecular formula is C18H15N5O3. The Bertz CT molecular complexity index is 1110. The molecule has 0 aliphatic carbocycles.